The van der Waals surface area contributed by atoms with Crippen molar-refractivity contribution in [3.8, 4) is 0 Å². The summed E-state index contributed by atoms with van der Waals surface area (Å²) >= 11 is 0. The van der Waals surface area contributed by atoms with Gasteiger partial charge in [0.15, 0.2) is 0 Å². The molecule has 0 aromatic rings. The molecule has 3 heteroatoms. The molecule has 11 atom stereocenters. The number of aliphatic hydroxyl groups is 1. The van der Waals surface area contributed by atoms with E-state index in [0.29, 0.717) is 29.3 Å². The summed E-state index contributed by atoms with van der Waals surface area (Å²) < 4.78 is 0. The molecular formula is C32H50N2O. The van der Waals surface area contributed by atoms with Crippen molar-refractivity contribution >= 4 is 0 Å². The fraction of sp³-hybridized carbons (Fsp3) is 0.812. The second-order valence-corrected chi connectivity index (χ2v) is 14.3. The summed E-state index contributed by atoms with van der Waals surface area (Å²) in [6.07, 6.45) is 15.1. The topological polar surface area (TPSA) is 44.3 Å². The summed E-state index contributed by atoms with van der Waals surface area (Å²) in [6.45, 7) is 14.0. The highest BCUT2D eigenvalue weighted by Gasteiger charge is 2.62. The van der Waals surface area contributed by atoms with Crippen LogP contribution >= 0.6 is 0 Å². The Hall–Kier alpha value is -0.900. The van der Waals surface area contributed by atoms with Gasteiger partial charge in [-0.15, -0.1) is 0 Å². The van der Waals surface area contributed by atoms with E-state index < -0.39 is 0 Å². The second-order valence-electron chi connectivity index (χ2n) is 14.3. The molecule has 11 unspecified atom stereocenters. The summed E-state index contributed by atoms with van der Waals surface area (Å²) in [4.78, 5) is 0. The van der Waals surface area contributed by atoms with Crippen LogP contribution < -0.4 is 10.6 Å². The van der Waals surface area contributed by atoms with Crippen LogP contribution in [0.3, 0.4) is 0 Å². The number of hydrogen-bond donors (Lipinski definition) is 3. The van der Waals surface area contributed by atoms with Gasteiger partial charge in [-0.1, -0.05) is 41.9 Å². The minimum atomic E-state index is -0.177. The van der Waals surface area contributed by atoms with Gasteiger partial charge in [-0.3, -0.25) is 0 Å². The number of hydrogen-bond acceptors (Lipinski definition) is 3. The molecule has 1 heterocycles. The standard InChI is InChI=1S/C32H50N2O/c1-18(2)20-9-10-31(4)17-23(11-19(3)26(31)14-20)27-8-7-24-13-22-12-21-15-28(33-6)29(35)16-25(21)30(22)32(24,5)34-27/h11,20-22,24-25,27-30,33-35H,1,7-10,12-17H2,2-6H3. The third-order valence-corrected chi connectivity index (χ3v) is 12.3. The fourth-order valence-corrected chi connectivity index (χ4v) is 10.6. The van der Waals surface area contributed by atoms with Gasteiger partial charge in [0.2, 0.25) is 0 Å². The summed E-state index contributed by atoms with van der Waals surface area (Å²) in [5, 5.41) is 18.7. The van der Waals surface area contributed by atoms with Crippen molar-refractivity contribution < 1.29 is 5.11 Å². The highest BCUT2D eigenvalue weighted by atomic mass is 16.3. The molecule has 1 saturated heterocycles. The molecule has 0 radical (unpaired) electrons. The van der Waals surface area contributed by atoms with Crippen molar-refractivity contribution in [1.82, 2.24) is 10.6 Å². The van der Waals surface area contributed by atoms with E-state index >= 15 is 0 Å². The maximum atomic E-state index is 10.9. The van der Waals surface area contributed by atoms with Crippen LogP contribution in [0.4, 0.5) is 0 Å². The van der Waals surface area contributed by atoms with Crippen LogP contribution in [0.5, 0.6) is 0 Å². The lowest BCUT2D eigenvalue weighted by atomic mass is 9.59. The number of fused-ring (bicyclic) bond motifs is 6. The Kier molecular flexibility index (Phi) is 5.98. The molecule has 194 valence electrons. The zero-order chi connectivity index (χ0) is 24.7. The molecule has 3 N–H and O–H groups in total. The zero-order valence-corrected chi connectivity index (χ0v) is 23.0. The molecule has 0 spiro atoms. The van der Waals surface area contributed by atoms with E-state index in [1.165, 1.54) is 63.4 Å². The molecular weight excluding hydrogens is 428 g/mol. The molecule has 5 fully saturated rings. The summed E-state index contributed by atoms with van der Waals surface area (Å²) in [6, 6.07) is 0.822. The Balaban J connectivity index is 1.24. The Bertz CT molecular complexity index is 949. The molecule has 1 aliphatic heterocycles. The van der Waals surface area contributed by atoms with Gasteiger partial charge in [-0.2, -0.15) is 0 Å². The average Bonchev–Trinajstić information content (AvgIpc) is 3.30. The number of rotatable bonds is 3. The highest BCUT2D eigenvalue weighted by molar-refractivity contribution is 5.41. The quantitative estimate of drug-likeness (QED) is 0.426. The van der Waals surface area contributed by atoms with E-state index in [-0.39, 0.29) is 11.6 Å². The number of nitrogens with one attached hydrogen (secondary N) is 2. The molecule has 35 heavy (non-hydrogen) atoms. The molecule has 6 rings (SSSR count). The monoisotopic (exact) mass is 478 g/mol. The van der Waals surface area contributed by atoms with E-state index in [2.05, 4.69) is 51.0 Å². The molecule has 6 aliphatic rings. The van der Waals surface area contributed by atoms with Gasteiger partial charge >= 0.3 is 0 Å². The lowest BCUT2D eigenvalue weighted by molar-refractivity contribution is 0.0106. The van der Waals surface area contributed by atoms with Gasteiger partial charge in [-0.25, -0.2) is 0 Å². The second kappa shape index (κ2) is 8.57. The first kappa shape index (κ1) is 24.4. The molecule has 0 aromatic heterocycles. The van der Waals surface area contributed by atoms with Crippen LogP contribution in [0.15, 0.2) is 34.9 Å². The lowest BCUT2D eigenvalue weighted by Gasteiger charge is -2.51. The van der Waals surface area contributed by atoms with Gasteiger partial charge in [0.25, 0.3) is 0 Å². The van der Waals surface area contributed by atoms with Crippen molar-refractivity contribution in [1.29, 1.82) is 0 Å². The van der Waals surface area contributed by atoms with Crippen LogP contribution in [0, 0.1) is 40.9 Å². The minimum Gasteiger partial charge on any atom is -0.391 e. The third kappa shape index (κ3) is 3.77. The van der Waals surface area contributed by atoms with Crippen LogP contribution in [0.2, 0.25) is 0 Å². The molecule has 5 aliphatic carbocycles. The largest absolute Gasteiger partial charge is 0.391 e. The number of likely N-dealkylation sites (N-methyl/N-ethyl adjacent to an activating group) is 1. The molecule has 0 aromatic carbocycles. The van der Waals surface area contributed by atoms with Gasteiger partial charge in [0.05, 0.1) is 6.10 Å². The third-order valence-electron chi connectivity index (χ3n) is 12.3. The Morgan fingerprint density at radius 3 is 2.66 bits per heavy atom. The molecule has 0 amide bonds. The zero-order valence-electron chi connectivity index (χ0n) is 23.0. The average molecular weight is 479 g/mol. The van der Waals surface area contributed by atoms with E-state index in [4.69, 9.17) is 0 Å². The van der Waals surface area contributed by atoms with Crippen molar-refractivity contribution in [2.75, 3.05) is 7.05 Å². The Labute approximate surface area is 214 Å². The van der Waals surface area contributed by atoms with Crippen molar-refractivity contribution in [3.05, 3.63) is 34.9 Å². The molecule has 3 nitrogen and oxygen atoms in total. The van der Waals surface area contributed by atoms with E-state index in [1.807, 2.05) is 7.05 Å². The first-order chi connectivity index (χ1) is 16.6. The fourth-order valence-electron chi connectivity index (χ4n) is 10.6. The van der Waals surface area contributed by atoms with Gasteiger partial charge in [0, 0.05) is 17.6 Å². The van der Waals surface area contributed by atoms with E-state index in [0.717, 1.165) is 30.1 Å². The minimum absolute atomic E-state index is 0.177. The normalized spacial score (nSPS) is 51.3. The predicted molar refractivity (Wildman–Crippen MR) is 145 cm³/mol. The Morgan fingerprint density at radius 2 is 1.91 bits per heavy atom. The maximum Gasteiger partial charge on any atom is 0.0696 e. The number of allylic oxidation sites excluding steroid dienone is 4. The SMILES string of the molecule is C=C(C)C1CCC2(C)CC(C3CCC4CC5CC6CC(NC)C(O)CC6C5C4(C)N3)=CC(C)=C2C1. The van der Waals surface area contributed by atoms with Crippen molar-refractivity contribution in [2.24, 2.45) is 40.9 Å². The smallest absolute Gasteiger partial charge is 0.0696 e. The van der Waals surface area contributed by atoms with Gasteiger partial charge in [-0.05, 0) is 133 Å². The van der Waals surface area contributed by atoms with Crippen LogP contribution in [0.1, 0.15) is 91.9 Å². The molecule has 4 saturated carbocycles. The number of aliphatic hydroxyl groups excluding tert-OH is 1. The van der Waals surface area contributed by atoms with Crippen LogP contribution in [0.25, 0.3) is 0 Å². The van der Waals surface area contributed by atoms with Gasteiger partial charge < -0.3 is 15.7 Å². The first-order valence-corrected chi connectivity index (χ1v) is 14.8. The van der Waals surface area contributed by atoms with E-state index in [9.17, 15) is 5.11 Å². The predicted octanol–water partition coefficient (Wildman–Crippen LogP) is 6.16. The molecule has 0 bridgehead atoms. The van der Waals surface area contributed by atoms with E-state index in [1.54, 1.807) is 16.7 Å². The van der Waals surface area contributed by atoms with Crippen molar-refractivity contribution in [2.45, 2.75) is 116 Å². The highest BCUT2D eigenvalue weighted by Crippen LogP contribution is 2.63. The van der Waals surface area contributed by atoms with Crippen molar-refractivity contribution in [3.63, 3.8) is 0 Å². The van der Waals surface area contributed by atoms with Crippen LogP contribution in [-0.4, -0.2) is 35.9 Å². The summed E-state index contributed by atoms with van der Waals surface area (Å²) in [7, 11) is 2.03. The lowest BCUT2D eigenvalue weighted by Crippen LogP contribution is -2.61. The Morgan fingerprint density at radius 1 is 1.11 bits per heavy atom. The number of piperidine rings is 1. The summed E-state index contributed by atoms with van der Waals surface area (Å²) in [5.41, 5.74) is 6.89. The van der Waals surface area contributed by atoms with Crippen LogP contribution in [-0.2, 0) is 0 Å². The van der Waals surface area contributed by atoms with Gasteiger partial charge in [0.1, 0.15) is 0 Å². The maximum absolute atomic E-state index is 10.9. The first-order valence-electron chi connectivity index (χ1n) is 14.8. The summed E-state index contributed by atoms with van der Waals surface area (Å²) in [5.74, 6) is 4.59.